The maximum absolute atomic E-state index is 13.0. The first-order valence-electron chi connectivity index (χ1n) is 9.04. The van der Waals surface area contributed by atoms with Crippen LogP contribution in [0.3, 0.4) is 0 Å². The van der Waals surface area contributed by atoms with E-state index >= 15 is 0 Å². The first kappa shape index (κ1) is 19.8. The van der Waals surface area contributed by atoms with Gasteiger partial charge in [0.2, 0.25) is 0 Å². The van der Waals surface area contributed by atoms with Gasteiger partial charge in [0.1, 0.15) is 0 Å². The Labute approximate surface area is 181 Å². The van der Waals surface area contributed by atoms with Gasteiger partial charge in [-0.2, -0.15) is 5.10 Å². The van der Waals surface area contributed by atoms with Gasteiger partial charge in [-0.3, -0.25) is 9.59 Å². The number of halogens is 1. The second-order valence-electron chi connectivity index (χ2n) is 6.61. The van der Waals surface area contributed by atoms with Crippen molar-refractivity contribution in [1.82, 2.24) is 10.3 Å². The number of rotatable bonds is 5. The minimum atomic E-state index is -0.380. The van der Waals surface area contributed by atoms with Crippen molar-refractivity contribution in [2.75, 3.05) is 6.54 Å². The molecule has 0 fully saturated rings. The molecule has 1 atom stereocenters. The number of thiophene rings is 2. The van der Waals surface area contributed by atoms with Gasteiger partial charge in [-0.15, -0.1) is 22.7 Å². The third-order valence-corrected chi connectivity index (χ3v) is 7.06. The summed E-state index contributed by atoms with van der Waals surface area (Å²) in [5.74, 6) is -0.635. The Morgan fingerprint density at radius 3 is 2.69 bits per heavy atom. The van der Waals surface area contributed by atoms with Crippen LogP contribution in [-0.2, 0) is 4.79 Å². The van der Waals surface area contributed by atoms with E-state index in [0.29, 0.717) is 17.0 Å². The molecule has 4 rings (SSSR count). The molecule has 0 radical (unpaired) electrons. The summed E-state index contributed by atoms with van der Waals surface area (Å²) in [4.78, 5) is 27.6. The smallest absolute Gasteiger partial charge is 0.262 e. The number of nitrogens with one attached hydrogen (secondary N) is 1. The Bertz CT molecular complexity index is 1080. The summed E-state index contributed by atoms with van der Waals surface area (Å²) in [5.41, 5.74) is 2.38. The van der Waals surface area contributed by atoms with Gasteiger partial charge in [-0.25, -0.2) is 5.01 Å². The van der Waals surface area contributed by atoms with Crippen LogP contribution >= 0.6 is 34.3 Å². The predicted octanol–water partition coefficient (Wildman–Crippen LogP) is 4.88. The number of carbonyl (C=O) groups is 2. The Morgan fingerprint density at radius 1 is 1.17 bits per heavy atom. The SMILES string of the molecule is Cc1ccsc1[C@H]1CC(c2cccs2)=NN1C(=O)CNC(=O)c1ccccc1Cl. The van der Waals surface area contributed by atoms with Crippen molar-refractivity contribution in [3.05, 3.63) is 79.1 Å². The summed E-state index contributed by atoms with van der Waals surface area (Å²) in [5, 5.41) is 13.2. The summed E-state index contributed by atoms with van der Waals surface area (Å²) in [6.07, 6.45) is 0.659. The third-order valence-electron chi connectivity index (χ3n) is 4.69. The van der Waals surface area contributed by atoms with E-state index in [2.05, 4.69) is 10.4 Å². The van der Waals surface area contributed by atoms with Gasteiger partial charge < -0.3 is 5.32 Å². The molecule has 1 aliphatic heterocycles. The van der Waals surface area contributed by atoms with Crippen LogP contribution in [0.1, 0.15) is 38.1 Å². The van der Waals surface area contributed by atoms with E-state index < -0.39 is 0 Å². The second kappa shape index (κ2) is 8.49. The van der Waals surface area contributed by atoms with Gasteiger partial charge in [-0.1, -0.05) is 29.8 Å². The molecule has 0 aliphatic carbocycles. The summed E-state index contributed by atoms with van der Waals surface area (Å²) in [6.45, 7) is 1.89. The molecule has 0 saturated carbocycles. The number of carbonyl (C=O) groups excluding carboxylic acids is 2. The summed E-state index contributed by atoms with van der Waals surface area (Å²) < 4.78 is 0. The van der Waals surface area contributed by atoms with Crippen molar-refractivity contribution in [2.45, 2.75) is 19.4 Å². The highest BCUT2D eigenvalue weighted by Crippen LogP contribution is 2.37. The number of hydrogen-bond donors (Lipinski definition) is 1. The maximum Gasteiger partial charge on any atom is 0.262 e. The Morgan fingerprint density at radius 2 is 2.00 bits per heavy atom. The monoisotopic (exact) mass is 443 g/mol. The number of nitrogens with zero attached hydrogens (tertiary/aromatic N) is 2. The van der Waals surface area contributed by atoms with Crippen LogP contribution in [0.5, 0.6) is 0 Å². The molecule has 8 heteroatoms. The molecule has 0 unspecified atom stereocenters. The first-order valence-corrected chi connectivity index (χ1v) is 11.2. The van der Waals surface area contributed by atoms with E-state index in [-0.39, 0.29) is 24.4 Å². The highest BCUT2D eigenvalue weighted by atomic mass is 35.5. The average molecular weight is 444 g/mol. The van der Waals surface area contributed by atoms with Crippen LogP contribution in [-0.4, -0.2) is 29.1 Å². The number of amides is 2. The fourth-order valence-electron chi connectivity index (χ4n) is 3.24. The number of hydrogen-bond acceptors (Lipinski definition) is 5. The van der Waals surface area contributed by atoms with E-state index in [0.717, 1.165) is 21.0 Å². The van der Waals surface area contributed by atoms with E-state index in [1.807, 2.05) is 35.9 Å². The van der Waals surface area contributed by atoms with Crippen LogP contribution in [0.2, 0.25) is 5.02 Å². The molecule has 29 heavy (non-hydrogen) atoms. The largest absolute Gasteiger partial charge is 0.343 e. The van der Waals surface area contributed by atoms with Gasteiger partial charge in [0.05, 0.1) is 33.8 Å². The van der Waals surface area contributed by atoms with E-state index in [4.69, 9.17) is 11.6 Å². The van der Waals surface area contributed by atoms with E-state index in [9.17, 15) is 9.59 Å². The molecule has 2 amide bonds. The van der Waals surface area contributed by atoms with Crippen LogP contribution in [0, 0.1) is 6.92 Å². The molecule has 1 aromatic carbocycles. The van der Waals surface area contributed by atoms with Gasteiger partial charge in [0, 0.05) is 11.3 Å². The Balaban J connectivity index is 1.53. The highest BCUT2D eigenvalue weighted by molar-refractivity contribution is 7.12. The van der Waals surface area contributed by atoms with Crippen LogP contribution in [0.15, 0.2) is 58.3 Å². The minimum absolute atomic E-state index is 0.147. The lowest BCUT2D eigenvalue weighted by Crippen LogP contribution is -2.38. The van der Waals surface area contributed by atoms with Gasteiger partial charge in [-0.05, 0) is 47.5 Å². The molecular weight excluding hydrogens is 426 g/mol. The van der Waals surface area contributed by atoms with Crippen LogP contribution in [0.25, 0.3) is 0 Å². The normalized spacial score (nSPS) is 16.0. The van der Waals surface area contributed by atoms with Crippen LogP contribution in [0.4, 0.5) is 0 Å². The van der Waals surface area contributed by atoms with Crippen molar-refractivity contribution in [3.63, 3.8) is 0 Å². The van der Waals surface area contributed by atoms with Gasteiger partial charge >= 0.3 is 0 Å². The van der Waals surface area contributed by atoms with Gasteiger partial charge in [0.25, 0.3) is 11.8 Å². The Kier molecular flexibility index (Phi) is 5.80. The molecule has 2 aromatic heterocycles. The standard InChI is InChI=1S/C21H18ClN3O2S2/c1-13-8-10-29-20(13)17-11-16(18-7-4-9-28-18)24-25(17)19(26)12-23-21(27)14-5-2-3-6-15(14)22/h2-10,17H,11-12H2,1H3,(H,23,27)/t17-/m1/s1. The zero-order valence-electron chi connectivity index (χ0n) is 15.6. The lowest BCUT2D eigenvalue weighted by atomic mass is 10.1. The fraction of sp³-hybridized carbons (Fsp3) is 0.190. The van der Waals surface area contributed by atoms with Gasteiger partial charge in [0.15, 0.2) is 0 Å². The zero-order chi connectivity index (χ0) is 20.4. The lowest BCUT2D eigenvalue weighted by molar-refractivity contribution is -0.131. The second-order valence-corrected chi connectivity index (χ2v) is 8.92. The highest BCUT2D eigenvalue weighted by Gasteiger charge is 2.35. The van der Waals surface area contributed by atoms with Crippen molar-refractivity contribution in [1.29, 1.82) is 0 Å². The van der Waals surface area contributed by atoms with E-state index in [1.165, 1.54) is 5.01 Å². The first-order chi connectivity index (χ1) is 14.0. The summed E-state index contributed by atoms with van der Waals surface area (Å²) in [6, 6.07) is 12.6. The van der Waals surface area contributed by atoms with Crippen LogP contribution < -0.4 is 5.32 Å². The topological polar surface area (TPSA) is 61.8 Å². The molecule has 3 aromatic rings. The lowest BCUT2D eigenvalue weighted by Gasteiger charge is -2.21. The van der Waals surface area contributed by atoms with Crippen molar-refractivity contribution in [2.24, 2.45) is 5.10 Å². The predicted molar refractivity (Wildman–Crippen MR) is 118 cm³/mol. The molecular formula is C21H18ClN3O2S2. The molecule has 148 valence electrons. The molecule has 0 bridgehead atoms. The zero-order valence-corrected chi connectivity index (χ0v) is 18.0. The van der Waals surface area contributed by atoms with Crippen molar-refractivity contribution >= 4 is 51.8 Å². The minimum Gasteiger partial charge on any atom is -0.343 e. The van der Waals surface area contributed by atoms with Crippen molar-refractivity contribution < 1.29 is 9.59 Å². The van der Waals surface area contributed by atoms with E-state index in [1.54, 1.807) is 46.9 Å². The summed E-state index contributed by atoms with van der Waals surface area (Å²) in [7, 11) is 0. The molecule has 5 nitrogen and oxygen atoms in total. The number of benzene rings is 1. The summed E-state index contributed by atoms with van der Waals surface area (Å²) >= 11 is 9.30. The molecule has 1 aliphatic rings. The molecule has 3 heterocycles. The number of aryl methyl sites for hydroxylation is 1. The molecule has 1 N–H and O–H groups in total. The molecule has 0 spiro atoms. The fourth-order valence-corrected chi connectivity index (χ4v) is 5.20. The average Bonchev–Trinajstić information content (AvgIpc) is 3.46. The Hall–Kier alpha value is -2.48. The quantitative estimate of drug-likeness (QED) is 0.610. The van der Waals surface area contributed by atoms with Crippen molar-refractivity contribution in [3.8, 4) is 0 Å². The maximum atomic E-state index is 13.0. The molecule has 0 saturated heterocycles. The number of hydrazone groups is 1. The third kappa shape index (κ3) is 4.12.